The number of hydrogen-bond donors (Lipinski definition) is 0. The van der Waals surface area contributed by atoms with Crippen LogP contribution in [0, 0.1) is 5.92 Å². The zero-order chi connectivity index (χ0) is 17.6. The fraction of sp³-hybridized carbons (Fsp3) is 1.00. The molecule has 0 amide bonds. The van der Waals surface area contributed by atoms with Crippen LogP contribution in [-0.2, 0) is 9.47 Å². The van der Waals surface area contributed by atoms with E-state index in [9.17, 15) is 0 Å². The smallest absolute Gasteiger partial charge is 0.167 e. The zero-order valence-electron chi connectivity index (χ0n) is 16.8. The number of methoxy groups -OCH3 is 2. The molecule has 0 fully saturated rings. The van der Waals surface area contributed by atoms with Crippen LogP contribution in [-0.4, -0.2) is 44.5 Å². The molecule has 3 nitrogen and oxygen atoms in total. The van der Waals surface area contributed by atoms with Gasteiger partial charge in [-0.15, -0.1) is 0 Å². The molecule has 0 aliphatic carbocycles. The van der Waals surface area contributed by atoms with Crippen molar-refractivity contribution in [2.75, 3.05) is 33.9 Å². The van der Waals surface area contributed by atoms with Gasteiger partial charge >= 0.3 is 0 Å². The molecule has 3 heteroatoms. The van der Waals surface area contributed by atoms with Gasteiger partial charge in [0, 0.05) is 20.1 Å². The third-order valence-corrected chi connectivity index (χ3v) is 5.38. The van der Waals surface area contributed by atoms with Crippen LogP contribution in [0.5, 0.6) is 0 Å². The van der Waals surface area contributed by atoms with Crippen LogP contribution in [0.4, 0.5) is 0 Å². The predicted molar refractivity (Wildman–Crippen MR) is 101 cm³/mol. The van der Waals surface area contributed by atoms with Crippen molar-refractivity contribution in [1.82, 2.24) is 4.90 Å². The standard InChI is InChI=1S/C20H43NO2/c1-7-10-11-12-13-14-16-19(20(4,22-5)23-6)17-15-18-21(8-2)9-3/h19H,7-18H2,1-6H3. The van der Waals surface area contributed by atoms with Crippen LogP contribution in [0.1, 0.15) is 85.5 Å². The molecule has 0 N–H and O–H groups in total. The van der Waals surface area contributed by atoms with Gasteiger partial charge in [-0.2, -0.15) is 0 Å². The van der Waals surface area contributed by atoms with E-state index in [1.54, 1.807) is 14.2 Å². The molecule has 0 aromatic carbocycles. The summed E-state index contributed by atoms with van der Waals surface area (Å²) in [7, 11) is 3.56. The molecule has 0 saturated heterocycles. The summed E-state index contributed by atoms with van der Waals surface area (Å²) >= 11 is 0. The van der Waals surface area contributed by atoms with Crippen LogP contribution < -0.4 is 0 Å². The van der Waals surface area contributed by atoms with Crippen LogP contribution in [0.3, 0.4) is 0 Å². The predicted octanol–water partition coefficient (Wildman–Crippen LogP) is 5.48. The molecule has 0 rings (SSSR count). The van der Waals surface area contributed by atoms with Gasteiger partial charge in [0.05, 0.1) is 0 Å². The molecule has 0 radical (unpaired) electrons. The van der Waals surface area contributed by atoms with E-state index < -0.39 is 5.79 Å². The summed E-state index contributed by atoms with van der Waals surface area (Å²) in [6.45, 7) is 12.3. The van der Waals surface area contributed by atoms with Gasteiger partial charge in [-0.25, -0.2) is 0 Å². The molecule has 0 spiro atoms. The van der Waals surface area contributed by atoms with E-state index in [4.69, 9.17) is 9.47 Å². The summed E-state index contributed by atoms with van der Waals surface area (Å²) in [5, 5.41) is 0. The lowest BCUT2D eigenvalue weighted by molar-refractivity contribution is -0.230. The first kappa shape index (κ1) is 22.9. The maximum atomic E-state index is 5.72. The SMILES string of the molecule is CCCCCCCCC(CCCN(CC)CC)C(C)(OC)OC. The van der Waals surface area contributed by atoms with Crippen LogP contribution >= 0.6 is 0 Å². The first-order valence-corrected chi connectivity index (χ1v) is 9.90. The van der Waals surface area contributed by atoms with Crippen molar-refractivity contribution < 1.29 is 9.47 Å². The Balaban J connectivity index is 4.29. The summed E-state index contributed by atoms with van der Waals surface area (Å²) in [6.07, 6.45) is 11.7. The molecule has 1 unspecified atom stereocenters. The highest BCUT2D eigenvalue weighted by Crippen LogP contribution is 2.31. The van der Waals surface area contributed by atoms with Crippen LogP contribution in [0.15, 0.2) is 0 Å². The van der Waals surface area contributed by atoms with Crippen molar-refractivity contribution in [3.8, 4) is 0 Å². The van der Waals surface area contributed by atoms with Gasteiger partial charge in [0.2, 0.25) is 0 Å². The highest BCUT2D eigenvalue weighted by atomic mass is 16.7. The van der Waals surface area contributed by atoms with Crippen LogP contribution in [0.25, 0.3) is 0 Å². The summed E-state index contributed by atoms with van der Waals surface area (Å²) in [5.41, 5.74) is 0. The average molecular weight is 330 g/mol. The molecular formula is C20H43NO2. The Kier molecular flexibility index (Phi) is 14.2. The minimum atomic E-state index is -0.438. The molecule has 0 aromatic heterocycles. The van der Waals surface area contributed by atoms with Crippen molar-refractivity contribution in [2.45, 2.75) is 91.3 Å². The van der Waals surface area contributed by atoms with Crippen molar-refractivity contribution in [1.29, 1.82) is 0 Å². The van der Waals surface area contributed by atoms with Gasteiger partial charge in [-0.3, -0.25) is 0 Å². The normalized spacial score (nSPS) is 13.7. The van der Waals surface area contributed by atoms with E-state index in [-0.39, 0.29) is 0 Å². The fourth-order valence-corrected chi connectivity index (χ4v) is 3.36. The van der Waals surface area contributed by atoms with Gasteiger partial charge in [0.15, 0.2) is 5.79 Å². The highest BCUT2D eigenvalue weighted by Gasteiger charge is 2.33. The largest absolute Gasteiger partial charge is 0.353 e. The first-order valence-electron chi connectivity index (χ1n) is 9.90. The maximum absolute atomic E-state index is 5.72. The molecule has 0 aliphatic rings. The number of rotatable bonds is 16. The second-order valence-electron chi connectivity index (χ2n) is 6.85. The quantitative estimate of drug-likeness (QED) is 0.276. The molecule has 0 aliphatic heterocycles. The van der Waals surface area contributed by atoms with Gasteiger partial charge in [0.25, 0.3) is 0 Å². The molecule has 0 bridgehead atoms. The minimum Gasteiger partial charge on any atom is -0.353 e. The Labute approximate surface area is 146 Å². The Hall–Kier alpha value is -0.120. The number of nitrogens with zero attached hydrogens (tertiary/aromatic N) is 1. The van der Waals surface area contributed by atoms with Crippen molar-refractivity contribution >= 4 is 0 Å². The molecular weight excluding hydrogens is 286 g/mol. The van der Waals surface area contributed by atoms with E-state index in [1.165, 1.54) is 64.3 Å². The Bertz CT molecular complexity index is 250. The molecule has 140 valence electrons. The molecule has 0 aromatic rings. The van der Waals surface area contributed by atoms with Gasteiger partial charge in [-0.1, -0.05) is 59.3 Å². The summed E-state index contributed by atoms with van der Waals surface area (Å²) in [5.74, 6) is 0.0476. The lowest BCUT2D eigenvalue weighted by atomic mass is 9.88. The van der Waals surface area contributed by atoms with Crippen molar-refractivity contribution in [2.24, 2.45) is 5.92 Å². The Morgan fingerprint density at radius 2 is 1.30 bits per heavy atom. The van der Waals surface area contributed by atoms with E-state index in [0.29, 0.717) is 5.92 Å². The number of ether oxygens (including phenoxy) is 2. The monoisotopic (exact) mass is 329 g/mol. The Morgan fingerprint density at radius 3 is 1.83 bits per heavy atom. The van der Waals surface area contributed by atoms with E-state index >= 15 is 0 Å². The highest BCUT2D eigenvalue weighted by molar-refractivity contribution is 4.76. The second-order valence-corrected chi connectivity index (χ2v) is 6.85. The van der Waals surface area contributed by atoms with Crippen molar-refractivity contribution in [3.05, 3.63) is 0 Å². The van der Waals surface area contributed by atoms with E-state index in [2.05, 4.69) is 32.6 Å². The van der Waals surface area contributed by atoms with Gasteiger partial charge in [0.1, 0.15) is 0 Å². The lowest BCUT2D eigenvalue weighted by Gasteiger charge is -2.36. The zero-order valence-corrected chi connectivity index (χ0v) is 16.8. The third kappa shape index (κ3) is 9.69. The first-order chi connectivity index (χ1) is 11.1. The molecule has 0 heterocycles. The summed E-state index contributed by atoms with van der Waals surface area (Å²) in [4.78, 5) is 2.50. The number of hydrogen-bond acceptors (Lipinski definition) is 3. The minimum absolute atomic E-state index is 0.438. The molecule has 23 heavy (non-hydrogen) atoms. The van der Waals surface area contributed by atoms with E-state index in [1.807, 2.05) is 0 Å². The summed E-state index contributed by atoms with van der Waals surface area (Å²) in [6, 6.07) is 0. The summed E-state index contributed by atoms with van der Waals surface area (Å²) < 4.78 is 11.4. The maximum Gasteiger partial charge on any atom is 0.167 e. The average Bonchev–Trinajstić information content (AvgIpc) is 2.59. The number of unbranched alkanes of at least 4 members (excludes halogenated alkanes) is 5. The molecule has 1 atom stereocenters. The lowest BCUT2D eigenvalue weighted by Crippen LogP contribution is -2.39. The Morgan fingerprint density at radius 1 is 0.783 bits per heavy atom. The fourth-order valence-electron chi connectivity index (χ4n) is 3.36. The van der Waals surface area contributed by atoms with Gasteiger partial charge in [-0.05, 0) is 45.8 Å². The molecule has 0 saturated carbocycles. The topological polar surface area (TPSA) is 21.7 Å². The van der Waals surface area contributed by atoms with Crippen LogP contribution in [0.2, 0.25) is 0 Å². The third-order valence-electron chi connectivity index (χ3n) is 5.38. The van der Waals surface area contributed by atoms with Crippen molar-refractivity contribution in [3.63, 3.8) is 0 Å². The second kappa shape index (κ2) is 14.2. The van der Waals surface area contributed by atoms with Gasteiger partial charge < -0.3 is 14.4 Å². The van der Waals surface area contributed by atoms with E-state index in [0.717, 1.165) is 13.1 Å².